The van der Waals surface area contributed by atoms with Crippen molar-refractivity contribution >= 4 is 6.29 Å². The van der Waals surface area contributed by atoms with E-state index in [0.29, 0.717) is 18.8 Å². The maximum atomic E-state index is 10.3. The van der Waals surface area contributed by atoms with Crippen molar-refractivity contribution in [2.75, 3.05) is 6.61 Å². The van der Waals surface area contributed by atoms with Crippen LogP contribution >= 0.6 is 0 Å². The molecule has 2 aromatic carbocycles. The number of aldehydes is 1. The number of aliphatic hydroxyl groups is 1. The molecule has 0 aliphatic carbocycles. The second-order valence-electron chi connectivity index (χ2n) is 4.60. The van der Waals surface area contributed by atoms with Crippen LogP contribution in [0.15, 0.2) is 61.2 Å². The molecule has 0 amide bonds. The van der Waals surface area contributed by atoms with Crippen LogP contribution in [0.1, 0.15) is 18.1 Å². The molecule has 0 bridgehead atoms. The molecular weight excluding hydrogens is 264 g/mol. The van der Waals surface area contributed by atoms with Gasteiger partial charge in [-0.15, -0.1) is 6.58 Å². The highest BCUT2D eigenvalue weighted by Crippen LogP contribution is 2.30. The molecule has 3 nitrogen and oxygen atoms in total. The minimum atomic E-state index is -0.708. The van der Waals surface area contributed by atoms with Gasteiger partial charge in [0.15, 0.2) is 0 Å². The van der Waals surface area contributed by atoms with E-state index in [1.807, 2.05) is 48.5 Å². The van der Waals surface area contributed by atoms with Gasteiger partial charge in [-0.1, -0.05) is 42.5 Å². The summed E-state index contributed by atoms with van der Waals surface area (Å²) < 4.78 is 5.52. The Labute approximate surface area is 124 Å². The lowest BCUT2D eigenvalue weighted by Crippen LogP contribution is -1.99. The van der Waals surface area contributed by atoms with E-state index in [0.717, 1.165) is 23.0 Å². The predicted molar refractivity (Wildman–Crippen MR) is 83.2 cm³/mol. The number of carbonyl (C=O) groups excluding carboxylic acids is 1. The zero-order chi connectivity index (χ0) is 15.1. The van der Waals surface area contributed by atoms with Crippen molar-refractivity contribution < 1.29 is 14.6 Å². The summed E-state index contributed by atoms with van der Waals surface area (Å²) in [5.41, 5.74) is 2.69. The Morgan fingerprint density at radius 1 is 1.19 bits per heavy atom. The summed E-state index contributed by atoms with van der Waals surface area (Å²) in [6.45, 7) is 4.00. The van der Waals surface area contributed by atoms with Crippen molar-refractivity contribution in [2.45, 2.75) is 12.5 Å². The van der Waals surface area contributed by atoms with E-state index in [4.69, 9.17) is 4.74 Å². The molecule has 1 N–H and O–H groups in total. The van der Waals surface area contributed by atoms with Crippen LogP contribution in [-0.2, 0) is 4.79 Å². The molecule has 1 atom stereocenters. The molecular formula is C18H18O3. The highest BCUT2D eigenvalue weighted by molar-refractivity contribution is 5.69. The number of rotatable bonds is 7. The van der Waals surface area contributed by atoms with Gasteiger partial charge in [0, 0.05) is 6.42 Å². The van der Waals surface area contributed by atoms with E-state index in [9.17, 15) is 9.90 Å². The van der Waals surface area contributed by atoms with Gasteiger partial charge in [0.25, 0.3) is 0 Å². The molecule has 108 valence electrons. The first-order chi connectivity index (χ1) is 10.3. The number of hydrogen-bond donors (Lipinski definition) is 1. The first kappa shape index (κ1) is 15.0. The van der Waals surface area contributed by atoms with E-state index < -0.39 is 6.10 Å². The molecule has 0 aliphatic heterocycles. The highest BCUT2D eigenvalue weighted by atomic mass is 16.5. The quantitative estimate of drug-likeness (QED) is 0.480. The third-order valence-electron chi connectivity index (χ3n) is 3.15. The third kappa shape index (κ3) is 3.80. The first-order valence-electron chi connectivity index (χ1n) is 6.82. The lowest BCUT2D eigenvalue weighted by Gasteiger charge is -2.13. The number of ether oxygens (including phenoxy) is 1. The molecule has 0 saturated heterocycles. The zero-order valence-electron chi connectivity index (χ0n) is 11.7. The van der Waals surface area contributed by atoms with Gasteiger partial charge >= 0.3 is 0 Å². The Hall–Kier alpha value is -2.39. The van der Waals surface area contributed by atoms with E-state index >= 15 is 0 Å². The normalized spacial score (nSPS) is 11.7. The first-order valence-corrected chi connectivity index (χ1v) is 6.82. The van der Waals surface area contributed by atoms with E-state index in [2.05, 4.69) is 6.58 Å². The Bertz CT molecular complexity index is 619. The molecule has 0 fully saturated rings. The fourth-order valence-electron chi connectivity index (χ4n) is 2.12. The summed E-state index contributed by atoms with van der Waals surface area (Å²) in [6.07, 6.45) is 2.00. The van der Waals surface area contributed by atoms with Crippen molar-refractivity contribution in [2.24, 2.45) is 0 Å². The fourth-order valence-corrected chi connectivity index (χ4v) is 2.12. The molecule has 21 heavy (non-hydrogen) atoms. The molecule has 0 radical (unpaired) electrons. The van der Waals surface area contributed by atoms with Gasteiger partial charge in [-0.25, -0.2) is 0 Å². The van der Waals surface area contributed by atoms with E-state index in [1.165, 1.54) is 6.08 Å². The number of hydrogen-bond acceptors (Lipinski definition) is 3. The van der Waals surface area contributed by atoms with Crippen LogP contribution in [0.5, 0.6) is 5.75 Å². The maximum absolute atomic E-state index is 10.3. The van der Waals surface area contributed by atoms with Crippen molar-refractivity contribution in [1.82, 2.24) is 0 Å². The molecule has 2 rings (SSSR count). The second-order valence-corrected chi connectivity index (χ2v) is 4.60. The van der Waals surface area contributed by atoms with Crippen LogP contribution in [0.4, 0.5) is 0 Å². The minimum Gasteiger partial charge on any atom is -0.493 e. The summed E-state index contributed by atoms with van der Waals surface area (Å²) in [5, 5.41) is 10.0. The molecule has 0 aromatic heterocycles. The van der Waals surface area contributed by atoms with Crippen LogP contribution in [0, 0.1) is 0 Å². The standard InChI is InChI=1S/C18H18O3/c1-2-18(20)17-10-4-3-9-16(17)14-7-5-8-15(13-14)21-12-6-11-19/h2-5,7-11,13,18,20H,1,6,12H2. The molecule has 3 heteroatoms. The van der Waals surface area contributed by atoms with Crippen molar-refractivity contribution in [3.8, 4) is 16.9 Å². The van der Waals surface area contributed by atoms with Crippen LogP contribution < -0.4 is 4.74 Å². The average Bonchev–Trinajstić information content (AvgIpc) is 2.55. The zero-order valence-corrected chi connectivity index (χ0v) is 11.7. The van der Waals surface area contributed by atoms with Gasteiger partial charge in [-0.2, -0.15) is 0 Å². The molecule has 0 aliphatic rings. The van der Waals surface area contributed by atoms with Gasteiger partial charge in [-0.3, -0.25) is 0 Å². The van der Waals surface area contributed by atoms with Crippen molar-refractivity contribution in [1.29, 1.82) is 0 Å². The average molecular weight is 282 g/mol. The molecule has 2 aromatic rings. The molecule has 0 saturated carbocycles. The molecule has 1 unspecified atom stereocenters. The van der Waals surface area contributed by atoms with Gasteiger partial charge in [0.2, 0.25) is 0 Å². The van der Waals surface area contributed by atoms with Crippen LogP contribution in [-0.4, -0.2) is 18.0 Å². The SMILES string of the molecule is C=CC(O)c1ccccc1-c1cccc(OCCC=O)c1. The van der Waals surface area contributed by atoms with E-state index in [1.54, 1.807) is 0 Å². The van der Waals surface area contributed by atoms with E-state index in [-0.39, 0.29) is 0 Å². The minimum absolute atomic E-state index is 0.365. The second kappa shape index (κ2) is 7.41. The van der Waals surface area contributed by atoms with Gasteiger partial charge < -0.3 is 14.6 Å². The highest BCUT2D eigenvalue weighted by Gasteiger charge is 2.10. The van der Waals surface area contributed by atoms with Gasteiger partial charge in [-0.05, 0) is 28.8 Å². The molecule has 0 heterocycles. The van der Waals surface area contributed by atoms with Crippen LogP contribution in [0.3, 0.4) is 0 Å². The summed E-state index contributed by atoms with van der Waals surface area (Å²) in [7, 11) is 0. The Balaban J connectivity index is 2.31. The van der Waals surface area contributed by atoms with Crippen LogP contribution in [0.25, 0.3) is 11.1 Å². The largest absolute Gasteiger partial charge is 0.493 e. The Morgan fingerprint density at radius 3 is 2.76 bits per heavy atom. The summed E-state index contributed by atoms with van der Waals surface area (Å²) >= 11 is 0. The van der Waals surface area contributed by atoms with Crippen molar-refractivity contribution in [3.05, 3.63) is 66.7 Å². The van der Waals surface area contributed by atoms with Gasteiger partial charge in [0.1, 0.15) is 12.0 Å². The summed E-state index contributed by atoms with van der Waals surface area (Å²) in [4.78, 5) is 10.3. The fraction of sp³-hybridized carbons (Fsp3) is 0.167. The monoisotopic (exact) mass is 282 g/mol. The Morgan fingerprint density at radius 2 is 2.00 bits per heavy atom. The lowest BCUT2D eigenvalue weighted by molar-refractivity contribution is -0.108. The predicted octanol–water partition coefficient (Wildman–Crippen LogP) is 3.54. The van der Waals surface area contributed by atoms with Crippen LogP contribution in [0.2, 0.25) is 0 Å². The number of aliphatic hydroxyl groups excluding tert-OH is 1. The van der Waals surface area contributed by atoms with Gasteiger partial charge in [0.05, 0.1) is 12.7 Å². The number of carbonyl (C=O) groups is 1. The summed E-state index contributed by atoms with van der Waals surface area (Å²) in [5.74, 6) is 0.706. The third-order valence-corrected chi connectivity index (χ3v) is 3.15. The lowest BCUT2D eigenvalue weighted by atomic mass is 9.96. The molecule has 0 spiro atoms. The van der Waals surface area contributed by atoms with Crippen molar-refractivity contribution in [3.63, 3.8) is 0 Å². The smallest absolute Gasteiger partial charge is 0.123 e. The number of benzene rings is 2. The summed E-state index contributed by atoms with van der Waals surface area (Å²) in [6, 6.07) is 15.2. The topological polar surface area (TPSA) is 46.5 Å². The Kier molecular flexibility index (Phi) is 5.29. The maximum Gasteiger partial charge on any atom is 0.123 e.